The summed E-state index contributed by atoms with van der Waals surface area (Å²) in [5, 5.41) is 5.61. The van der Waals surface area contributed by atoms with Crippen molar-refractivity contribution in [3.8, 4) is 5.75 Å². The first-order chi connectivity index (χ1) is 19.0. The van der Waals surface area contributed by atoms with E-state index in [1.54, 1.807) is 6.92 Å². The zero-order valence-corrected chi connectivity index (χ0v) is 23.2. The number of hydrogen-bond donors (Lipinski definition) is 1. The first-order valence-electron chi connectivity index (χ1n) is 12.9. The van der Waals surface area contributed by atoms with Crippen molar-refractivity contribution in [1.29, 1.82) is 0 Å². The Kier molecular flexibility index (Phi) is 6.57. The summed E-state index contributed by atoms with van der Waals surface area (Å²) in [6, 6.07) is 27.6. The van der Waals surface area contributed by atoms with Crippen molar-refractivity contribution in [3.63, 3.8) is 0 Å². The molecule has 4 aromatic carbocycles. The van der Waals surface area contributed by atoms with Crippen LogP contribution in [-0.4, -0.2) is 18.4 Å². The van der Waals surface area contributed by atoms with E-state index in [-0.39, 0.29) is 12.4 Å². The number of ketones is 1. The van der Waals surface area contributed by atoms with Gasteiger partial charge in [0, 0.05) is 32.4 Å². The van der Waals surface area contributed by atoms with Crippen LogP contribution in [0.4, 0.5) is 0 Å². The Morgan fingerprint density at radius 3 is 2.51 bits per heavy atom. The predicted molar refractivity (Wildman–Crippen MR) is 155 cm³/mol. The third kappa shape index (κ3) is 4.35. The van der Waals surface area contributed by atoms with Crippen LogP contribution in [-0.2, 0) is 16.1 Å². The number of carbonyl (C=O) groups is 2. The summed E-state index contributed by atoms with van der Waals surface area (Å²) < 4.78 is 12.8. The fourth-order valence-electron chi connectivity index (χ4n) is 5.57. The van der Waals surface area contributed by atoms with E-state index in [1.165, 1.54) is 0 Å². The number of dihydropyridines is 1. The maximum Gasteiger partial charge on any atom is 0.336 e. The number of ether oxygens (including phenoxy) is 2. The van der Waals surface area contributed by atoms with Gasteiger partial charge in [-0.3, -0.25) is 4.79 Å². The van der Waals surface area contributed by atoms with Gasteiger partial charge >= 0.3 is 5.97 Å². The lowest BCUT2D eigenvalue weighted by molar-refractivity contribution is -0.138. The van der Waals surface area contributed by atoms with E-state index in [4.69, 9.17) is 9.47 Å². The van der Waals surface area contributed by atoms with Gasteiger partial charge in [-0.1, -0.05) is 82.7 Å². The van der Waals surface area contributed by atoms with E-state index < -0.39 is 11.9 Å². The number of nitrogens with one attached hydrogen (secondary N) is 1. The van der Waals surface area contributed by atoms with E-state index in [2.05, 4.69) is 45.5 Å². The molecule has 1 aliphatic carbocycles. The molecule has 0 spiro atoms. The lowest BCUT2D eigenvalue weighted by Crippen LogP contribution is -2.29. The first-order valence-corrected chi connectivity index (χ1v) is 13.7. The van der Waals surface area contributed by atoms with Gasteiger partial charge in [0.15, 0.2) is 5.78 Å². The van der Waals surface area contributed by atoms with Crippen LogP contribution in [0.3, 0.4) is 0 Å². The largest absolute Gasteiger partial charge is 0.489 e. The van der Waals surface area contributed by atoms with Crippen LogP contribution in [0.1, 0.15) is 46.8 Å². The minimum Gasteiger partial charge on any atom is -0.489 e. The smallest absolute Gasteiger partial charge is 0.336 e. The highest BCUT2D eigenvalue weighted by Gasteiger charge is 2.44. The number of esters is 1. The van der Waals surface area contributed by atoms with Crippen LogP contribution in [0, 0.1) is 0 Å². The molecule has 6 rings (SSSR count). The molecule has 4 aromatic rings. The fourth-order valence-corrected chi connectivity index (χ4v) is 5.95. The van der Waals surface area contributed by atoms with Crippen molar-refractivity contribution in [1.82, 2.24) is 5.32 Å². The Morgan fingerprint density at radius 2 is 1.69 bits per heavy atom. The maximum absolute atomic E-state index is 13.8. The van der Waals surface area contributed by atoms with E-state index in [1.807, 2.05) is 67.6 Å². The highest BCUT2D eigenvalue weighted by atomic mass is 79.9. The normalized spacial score (nSPS) is 16.2. The van der Waals surface area contributed by atoms with Crippen LogP contribution in [0.15, 0.2) is 106 Å². The van der Waals surface area contributed by atoms with Gasteiger partial charge < -0.3 is 14.8 Å². The molecule has 0 saturated heterocycles. The molecule has 0 radical (unpaired) electrons. The minimum absolute atomic E-state index is 0.104. The average Bonchev–Trinajstić information content (AvgIpc) is 3.23. The average molecular weight is 580 g/mol. The number of rotatable bonds is 6. The molecule has 0 unspecified atom stereocenters. The third-order valence-corrected chi connectivity index (χ3v) is 7.78. The third-order valence-electron chi connectivity index (χ3n) is 7.29. The van der Waals surface area contributed by atoms with Crippen LogP contribution in [0.5, 0.6) is 5.75 Å². The number of benzene rings is 4. The number of allylic oxidation sites excluding steroid dienone is 2. The van der Waals surface area contributed by atoms with Gasteiger partial charge in [0.05, 0.1) is 23.8 Å². The van der Waals surface area contributed by atoms with Crippen molar-refractivity contribution in [3.05, 3.63) is 128 Å². The number of hydrogen-bond acceptors (Lipinski definition) is 5. The Bertz CT molecular complexity index is 1710. The van der Waals surface area contributed by atoms with Crippen LogP contribution in [0.25, 0.3) is 16.5 Å². The monoisotopic (exact) mass is 579 g/mol. The molecule has 6 heteroatoms. The van der Waals surface area contributed by atoms with Crippen molar-refractivity contribution in [2.45, 2.75) is 26.4 Å². The molecule has 1 atom stereocenters. The highest BCUT2D eigenvalue weighted by molar-refractivity contribution is 9.10. The lowest BCUT2D eigenvalue weighted by atomic mass is 9.79. The second-order valence-corrected chi connectivity index (χ2v) is 10.5. The summed E-state index contributed by atoms with van der Waals surface area (Å²) in [6.07, 6.45) is 0. The summed E-state index contributed by atoms with van der Waals surface area (Å²) in [7, 11) is 0. The summed E-state index contributed by atoms with van der Waals surface area (Å²) in [5.74, 6) is -0.626. The number of carbonyl (C=O) groups excluding carboxylic acids is 2. The van der Waals surface area contributed by atoms with Gasteiger partial charge in [0.25, 0.3) is 0 Å². The number of halogens is 1. The highest BCUT2D eigenvalue weighted by Crippen LogP contribution is 2.49. The first kappa shape index (κ1) is 25.1. The van der Waals surface area contributed by atoms with Crippen molar-refractivity contribution in [2.24, 2.45) is 0 Å². The Balaban J connectivity index is 1.48. The molecule has 39 heavy (non-hydrogen) atoms. The van der Waals surface area contributed by atoms with E-state index >= 15 is 0 Å². The zero-order valence-electron chi connectivity index (χ0n) is 21.6. The van der Waals surface area contributed by atoms with E-state index in [0.717, 1.165) is 37.6 Å². The molecular weight excluding hydrogens is 554 g/mol. The predicted octanol–water partition coefficient (Wildman–Crippen LogP) is 7.31. The second-order valence-electron chi connectivity index (χ2n) is 9.59. The molecule has 1 aliphatic heterocycles. The molecule has 0 fully saturated rings. The summed E-state index contributed by atoms with van der Waals surface area (Å²) in [4.78, 5) is 27.2. The van der Waals surface area contributed by atoms with Crippen LogP contribution < -0.4 is 10.1 Å². The molecule has 5 nitrogen and oxygen atoms in total. The summed E-state index contributed by atoms with van der Waals surface area (Å²) in [5.41, 5.74) is 5.54. The molecule has 1 heterocycles. The van der Waals surface area contributed by atoms with Crippen molar-refractivity contribution >= 4 is 44.2 Å². The van der Waals surface area contributed by atoms with Gasteiger partial charge in [-0.25, -0.2) is 4.79 Å². The van der Waals surface area contributed by atoms with E-state index in [0.29, 0.717) is 34.8 Å². The number of fused-ring (bicyclic) bond motifs is 3. The fraction of sp³-hybridized carbons (Fsp3) is 0.152. The van der Waals surface area contributed by atoms with E-state index in [9.17, 15) is 9.59 Å². The quantitative estimate of drug-likeness (QED) is 0.242. The second kappa shape index (κ2) is 10.2. The van der Waals surface area contributed by atoms with Crippen LogP contribution >= 0.6 is 15.9 Å². The molecule has 0 bridgehead atoms. The zero-order chi connectivity index (χ0) is 27.1. The Labute approximate surface area is 235 Å². The number of Topliss-reactive ketones (excluding diaryl/α,β-unsaturated/α-hetero) is 1. The standard InChI is InChI=1S/C33H26BrNO4/c1-3-38-33(37)28-19(2)35-31-24-13-6-7-14-25(24)32(36)30(31)29(28)26-17-22(34)15-16-27(26)39-18-21-11-8-10-20-9-4-5-12-23(20)21/h4-17,29,35H,3,18H2,1-2H3/t29-/m1/s1. The Hall–Kier alpha value is -4.16. The van der Waals surface area contributed by atoms with Gasteiger partial charge in [-0.05, 0) is 48.4 Å². The minimum atomic E-state index is -0.666. The van der Waals surface area contributed by atoms with Gasteiger partial charge in [-0.15, -0.1) is 0 Å². The molecule has 0 aromatic heterocycles. The van der Waals surface area contributed by atoms with Crippen LogP contribution in [0.2, 0.25) is 0 Å². The topological polar surface area (TPSA) is 64.6 Å². The Morgan fingerprint density at radius 1 is 0.949 bits per heavy atom. The molecule has 0 amide bonds. The SMILES string of the molecule is CCOC(=O)C1=C(C)NC2=C(C(=O)c3ccccc32)[C@@H]1c1cc(Br)ccc1OCc1cccc2ccccc12. The molecular formula is C33H26BrNO4. The lowest BCUT2D eigenvalue weighted by Gasteiger charge is -2.30. The van der Waals surface area contributed by atoms with Crippen molar-refractivity contribution < 1.29 is 19.1 Å². The summed E-state index contributed by atoms with van der Waals surface area (Å²) >= 11 is 3.61. The van der Waals surface area contributed by atoms with Gasteiger partial charge in [0.1, 0.15) is 12.4 Å². The molecule has 194 valence electrons. The summed E-state index contributed by atoms with van der Waals surface area (Å²) in [6.45, 7) is 4.19. The molecule has 1 N–H and O–H groups in total. The van der Waals surface area contributed by atoms with Gasteiger partial charge in [-0.2, -0.15) is 0 Å². The molecule has 2 aliphatic rings. The molecule has 0 saturated carbocycles. The van der Waals surface area contributed by atoms with Crippen molar-refractivity contribution in [2.75, 3.05) is 6.61 Å². The maximum atomic E-state index is 13.8. The van der Waals surface area contributed by atoms with Gasteiger partial charge in [0.2, 0.25) is 0 Å².